The number of unbranched alkanes of at least 4 members (excludes halogenated alkanes) is 3. The quantitative estimate of drug-likeness (QED) is 0.349. The molecule has 0 saturated carbocycles. The minimum absolute atomic E-state index is 0.559. The van der Waals surface area contributed by atoms with Gasteiger partial charge in [-0.1, -0.05) is 87.4 Å². The van der Waals surface area contributed by atoms with Gasteiger partial charge in [0.05, 0.1) is 0 Å². The molecule has 0 spiro atoms. The topological polar surface area (TPSA) is 9.23 Å². The van der Waals surface area contributed by atoms with E-state index in [1.807, 2.05) is 0 Å². The zero-order valence-electron chi connectivity index (χ0n) is 20.7. The predicted octanol–water partition coefficient (Wildman–Crippen LogP) is 8.80. The Balaban J connectivity index is 1.57. The molecule has 1 aromatic carbocycles. The normalized spacial score (nSPS) is 19.0. The molecule has 0 bridgehead atoms. The third kappa shape index (κ3) is 5.95. The molecule has 4 rings (SSSR count). The monoisotopic (exact) mass is 440 g/mol. The van der Waals surface area contributed by atoms with Gasteiger partial charge in [-0.3, -0.25) is 0 Å². The van der Waals surface area contributed by atoms with Crippen LogP contribution in [0.15, 0.2) is 78.0 Å². The molecule has 1 heteroatoms. The van der Waals surface area contributed by atoms with Gasteiger partial charge in [0.15, 0.2) is 0 Å². The van der Waals surface area contributed by atoms with Crippen molar-refractivity contribution in [2.45, 2.75) is 71.6 Å². The summed E-state index contributed by atoms with van der Waals surface area (Å²) in [6, 6.07) is 7.07. The average molecular weight is 441 g/mol. The minimum atomic E-state index is 0.559. The van der Waals surface area contributed by atoms with Crippen molar-refractivity contribution >= 4 is 11.1 Å². The smallest absolute Gasteiger partial charge is 0.0471 e. The first-order valence-electron chi connectivity index (χ1n) is 13.0. The van der Waals surface area contributed by atoms with Gasteiger partial charge in [0.2, 0.25) is 0 Å². The molecule has 174 valence electrons. The van der Waals surface area contributed by atoms with Gasteiger partial charge in [0.1, 0.15) is 0 Å². The molecule has 0 aromatic heterocycles. The van der Waals surface area contributed by atoms with E-state index in [2.05, 4.69) is 75.1 Å². The maximum Gasteiger partial charge on any atom is 0.0471 e. The lowest BCUT2D eigenvalue weighted by Crippen LogP contribution is -2.16. The van der Waals surface area contributed by atoms with E-state index in [1.165, 1.54) is 71.1 Å². The van der Waals surface area contributed by atoms with Gasteiger partial charge in [0, 0.05) is 13.2 Å². The van der Waals surface area contributed by atoms with Crippen molar-refractivity contribution in [3.05, 3.63) is 94.6 Å². The maximum atomic E-state index is 5.56. The van der Waals surface area contributed by atoms with E-state index in [-0.39, 0.29) is 0 Å². The van der Waals surface area contributed by atoms with Crippen LogP contribution in [0.3, 0.4) is 0 Å². The first-order valence-corrected chi connectivity index (χ1v) is 13.0. The standard InChI is InChI=1S/C32H40O/c1-4-5-6-11-14-29(21-26-12-9-7-8-10-13-26)32-23-30-22-28(15-16-31(30)25(32)3)24(2)27-17-19-33-20-18-27/h7-9,12-13,15-16,21-22,27H,2,4-6,10-11,14,17-20,23H2,1,3H3/b29-21+. The molecule has 1 nitrogen and oxygen atoms in total. The molecule has 1 heterocycles. The summed E-state index contributed by atoms with van der Waals surface area (Å²) in [7, 11) is 0. The van der Waals surface area contributed by atoms with Crippen LogP contribution in [0.1, 0.15) is 81.9 Å². The van der Waals surface area contributed by atoms with Gasteiger partial charge in [0.25, 0.3) is 0 Å². The summed E-state index contributed by atoms with van der Waals surface area (Å²) in [6.07, 6.45) is 24.2. The zero-order valence-corrected chi connectivity index (χ0v) is 20.7. The van der Waals surface area contributed by atoms with Crippen molar-refractivity contribution in [1.82, 2.24) is 0 Å². The van der Waals surface area contributed by atoms with Crippen LogP contribution in [0, 0.1) is 5.92 Å². The number of allylic oxidation sites excluding steroid dienone is 11. The fourth-order valence-corrected chi connectivity index (χ4v) is 5.38. The Morgan fingerprint density at radius 2 is 1.97 bits per heavy atom. The van der Waals surface area contributed by atoms with Crippen molar-refractivity contribution in [3.8, 4) is 0 Å². The summed E-state index contributed by atoms with van der Waals surface area (Å²) < 4.78 is 5.56. The van der Waals surface area contributed by atoms with Crippen LogP contribution < -0.4 is 0 Å². The van der Waals surface area contributed by atoms with Gasteiger partial charge >= 0.3 is 0 Å². The number of hydrogen-bond donors (Lipinski definition) is 0. The third-order valence-electron chi connectivity index (χ3n) is 7.47. The Morgan fingerprint density at radius 3 is 2.79 bits per heavy atom. The Kier molecular flexibility index (Phi) is 8.40. The Morgan fingerprint density at radius 1 is 1.12 bits per heavy atom. The first-order chi connectivity index (χ1) is 16.2. The summed E-state index contributed by atoms with van der Waals surface area (Å²) in [5.41, 5.74) is 11.4. The second kappa shape index (κ2) is 11.7. The van der Waals surface area contributed by atoms with E-state index in [9.17, 15) is 0 Å². The molecule has 0 N–H and O–H groups in total. The number of ether oxygens (including phenoxy) is 1. The van der Waals surface area contributed by atoms with Gasteiger partial charge < -0.3 is 4.74 Å². The van der Waals surface area contributed by atoms with E-state index in [1.54, 1.807) is 5.57 Å². The van der Waals surface area contributed by atoms with Crippen LogP contribution in [-0.4, -0.2) is 13.2 Å². The number of fused-ring (bicyclic) bond motifs is 1. The molecular weight excluding hydrogens is 400 g/mol. The molecule has 1 fully saturated rings. The van der Waals surface area contributed by atoms with E-state index in [4.69, 9.17) is 4.74 Å². The van der Waals surface area contributed by atoms with Crippen LogP contribution in [0.5, 0.6) is 0 Å². The second-order valence-corrected chi connectivity index (χ2v) is 9.77. The summed E-state index contributed by atoms with van der Waals surface area (Å²) >= 11 is 0. The minimum Gasteiger partial charge on any atom is -0.381 e. The van der Waals surface area contributed by atoms with Crippen molar-refractivity contribution in [3.63, 3.8) is 0 Å². The lowest BCUT2D eigenvalue weighted by molar-refractivity contribution is 0.0808. The highest BCUT2D eigenvalue weighted by Gasteiger charge is 2.23. The fraction of sp³-hybridized carbons (Fsp3) is 0.438. The summed E-state index contributed by atoms with van der Waals surface area (Å²) in [5, 5.41) is 0. The van der Waals surface area contributed by atoms with Crippen LogP contribution in [-0.2, 0) is 11.2 Å². The number of hydrogen-bond acceptors (Lipinski definition) is 1. The van der Waals surface area contributed by atoms with Crippen molar-refractivity contribution in [2.75, 3.05) is 13.2 Å². The number of rotatable bonds is 9. The molecule has 1 aromatic rings. The lowest BCUT2D eigenvalue weighted by atomic mass is 9.86. The highest BCUT2D eigenvalue weighted by Crippen LogP contribution is 2.40. The summed E-state index contributed by atoms with van der Waals surface area (Å²) in [4.78, 5) is 0. The molecule has 2 aliphatic carbocycles. The van der Waals surface area contributed by atoms with Crippen molar-refractivity contribution < 1.29 is 4.74 Å². The van der Waals surface area contributed by atoms with Gasteiger partial charge in [-0.2, -0.15) is 0 Å². The first kappa shape index (κ1) is 23.8. The highest BCUT2D eigenvalue weighted by atomic mass is 16.5. The molecule has 0 unspecified atom stereocenters. The third-order valence-corrected chi connectivity index (χ3v) is 7.47. The highest BCUT2D eigenvalue weighted by molar-refractivity contribution is 5.81. The molecular formula is C32H40O. The second-order valence-electron chi connectivity index (χ2n) is 9.77. The van der Waals surface area contributed by atoms with E-state index in [0.29, 0.717) is 5.92 Å². The molecule has 3 aliphatic rings. The van der Waals surface area contributed by atoms with Crippen LogP contribution in [0.4, 0.5) is 0 Å². The van der Waals surface area contributed by atoms with Crippen molar-refractivity contribution in [2.24, 2.45) is 5.92 Å². The summed E-state index contributed by atoms with van der Waals surface area (Å²) in [6.45, 7) is 10.8. The Hall–Kier alpha value is -2.38. The molecule has 33 heavy (non-hydrogen) atoms. The van der Waals surface area contributed by atoms with Crippen molar-refractivity contribution in [1.29, 1.82) is 0 Å². The van der Waals surface area contributed by atoms with Crippen LogP contribution in [0.25, 0.3) is 11.1 Å². The molecule has 1 aliphatic heterocycles. The predicted molar refractivity (Wildman–Crippen MR) is 143 cm³/mol. The van der Waals surface area contributed by atoms with E-state index >= 15 is 0 Å². The zero-order chi connectivity index (χ0) is 23.0. The molecule has 0 radical (unpaired) electrons. The SMILES string of the molecule is C=C(c1ccc2c(c1)CC(/C(=C/C1=CCC=CC=C1)CCCCCC)=C2C)C1CCOCC1. The van der Waals surface area contributed by atoms with E-state index < -0.39 is 0 Å². The van der Waals surface area contributed by atoms with E-state index in [0.717, 1.165) is 38.9 Å². The fourth-order valence-electron chi connectivity index (χ4n) is 5.38. The van der Waals surface area contributed by atoms with Gasteiger partial charge in [-0.25, -0.2) is 0 Å². The Bertz CT molecular complexity index is 1000. The van der Waals surface area contributed by atoms with Gasteiger partial charge in [-0.15, -0.1) is 0 Å². The number of benzene rings is 1. The lowest BCUT2D eigenvalue weighted by Gasteiger charge is -2.24. The average Bonchev–Trinajstić information content (AvgIpc) is 3.00. The molecule has 0 amide bonds. The van der Waals surface area contributed by atoms with Crippen LogP contribution in [0.2, 0.25) is 0 Å². The van der Waals surface area contributed by atoms with Gasteiger partial charge in [-0.05, 0) is 95.9 Å². The largest absolute Gasteiger partial charge is 0.381 e. The summed E-state index contributed by atoms with van der Waals surface area (Å²) in [5.74, 6) is 0.559. The van der Waals surface area contributed by atoms with Crippen LogP contribution >= 0.6 is 0 Å². The molecule has 1 saturated heterocycles. The molecule has 0 atom stereocenters. The maximum absolute atomic E-state index is 5.56. The Labute approximate surface area is 201 Å².